The van der Waals surface area contributed by atoms with E-state index < -0.39 is 80.2 Å². The van der Waals surface area contributed by atoms with Crippen molar-refractivity contribution in [3.63, 3.8) is 0 Å². The van der Waals surface area contributed by atoms with Crippen molar-refractivity contribution in [3.05, 3.63) is 65.7 Å². The van der Waals surface area contributed by atoms with E-state index >= 15 is 0 Å². The number of halogens is 6. The maximum atomic E-state index is 13.8. The van der Waals surface area contributed by atoms with Crippen molar-refractivity contribution in [2.24, 2.45) is 16.8 Å². The van der Waals surface area contributed by atoms with Crippen LogP contribution in [0.4, 0.5) is 32.0 Å². The lowest BCUT2D eigenvalue weighted by atomic mass is 9.83. The predicted molar refractivity (Wildman–Crippen MR) is 165 cm³/mol. The van der Waals surface area contributed by atoms with Crippen molar-refractivity contribution in [1.82, 2.24) is 14.9 Å². The fourth-order valence-electron chi connectivity index (χ4n) is 4.98. The number of benzene rings is 2. The summed E-state index contributed by atoms with van der Waals surface area (Å²) in [6, 6.07) is 15.6. The van der Waals surface area contributed by atoms with Gasteiger partial charge in [-0.2, -0.15) is 26.3 Å². The smallest absolute Gasteiger partial charge is 0.326 e. The molecule has 1 aliphatic heterocycles. The summed E-state index contributed by atoms with van der Waals surface area (Å²) in [4.78, 5) is 48.3. The molecule has 2 aromatic rings. The Labute approximate surface area is 268 Å². The first-order chi connectivity index (χ1) is 21.6. The third-order valence-electron chi connectivity index (χ3n) is 7.36. The van der Waals surface area contributed by atoms with Crippen LogP contribution in [0.15, 0.2) is 59.6 Å². The fourth-order valence-corrected chi connectivity index (χ4v) is 5.83. The summed E-state index contributed by atoms with van der Waals surface area (Å²) in [7, 11) is 5.03. The van der Waals surface area contributed by atoms with Crippen LogP contribution in [-0.4, -0.2) is 80.3 Å². The largest absolute Gasteiger partial charge is 0.389 e. The standard InChI is InChI=1S/C31H37F6N5O3S/c1-41(2)18-19-46-40-28(44)22(15-17-31(35,36)37)21(13-9-16-30(32,33)34)27(43)39-26-29(45)42(3)24-14-8-7-12-23(24)25(38-26)20-10-5-4-6-11-20/h4-8,10-12,14,21-22,26H,9,13,15-19H2,1-3H3,(H,39,43)(H,40,44). The van der Waals surface area contributed by atoms with Crippen molar-refractivity contribution < 1.29 is 40.7 Å². The van der Waals surface area contributed by atoms with Gasteiger partial charge in [0.15, 0.2) is 0 Å². The first-order valence-corrected chi connectivity index (χ1v) is 15.6. The van der Waals surface area contributed by atoms with Gasteiger partial charge in [-0.3, -0.25) is 19.1 Å². The maximum Gasteiger partial charge on any atom is 0.389 e. The first-order valence-electron chi connectivity index (χ1n) is 14.6. The number of carbonyl (C=O) groups excluding carboxylic acids is 3. The minimum absolute atomic E-state index is 0.344. The molecule has 0 saturated heterocycles. The number of nitrogens with one attached hydrogen (secondary N) is 2. The van der Waals surface area contributed by atoms with Gasteiger partial charge in [0.1, 0.15) is 0 Å². The molecule has 15 heteroatoms. The van der Waals surface area contributed by atoms with E-state index in [0.717, 1.165) is 11.9 Å². The molecular formula is C31H37F6N5O3S. The van der Waals surface area contributed by atoms with Crippen LogP contribution in [-0.2, 0) is 14.4 Å². The third-order valence-corrected chi connectivity index (χ3v) is 8.09. The van der Waals surface area contributed by atoms with Crippen molar-refractivity contribution in [3.8, 4) is 0 Å². The van der Waals surface area contributed by atoms with Crippen LogP contribution in [0.5, 0.6) is 0 Å². The number of carbonyl (C=O) groups is 3. The van der Waals surface area contributed by atoms with Crippen LogP contribution >= 0.6 is 11.9 Å². The van der Waals surface area contributed by atoms with E-state index in [4.69, 9.17) is 0 Å². The van der Waals surface area contributed by atoms with E-state index in [9.17, 15) is 40.7 Å². The summed E-state index contributed by atoms with van der Waals surface area (Å²) < 4.78 is 81.7. The van der Waals surface area contributed by atoms with E-state index in [0.29, 0.717) is 34.8 Å². The van der Waals surface area contributed by atoms with Gasteiger partial charge in [-0.15, -0.1) is 0 Å². The molecule has 1 aliphatic rings. The Hall–Kier alpha value is -3.59. The number of para-hydroxylation sites is 1. The number of anilines is 1. The molecule has 8 nitrogen and oxygen atoms in total. The summed E-state index contributed by atoms with van der Waals surface area (Å²) >= 11 is 0.922. The Morgan fingerprint density at radius 1 is 0.913 bits per heavy atom. The summed E-state index contributed by atoms with van der Waals surface area (Å²) in [6.45, 7) is 0.523. The van der Waals surface area contributed by atoms with Gasteiger partial charge in [-0.25, -0.2) is 4.99 Å². The molecule has 0 radical (unpaired) electrons. The maximum absolute atomic E-state index is 13.8. The topological polar surface area (TPSA) is 94.1 Å². The van der Waals surface area contributed by atoms with Gasteiger partial charge in [-0.05, 0) is 51.4 Å². The van der Waals surface area contributed by atoms with Gasteiger partial charge in [0.25, 0.3) is 5.91 Å². The number of likely N-dealkylation sites (N-methyl/N-ethyl adjacent to an activating group) is 1. The van der Waals surface area contributed by atoms with Gasteiger partial charge in [0, 0.05) is 49.2 Å². The summed E-state index contributed by atoms with van der Waals surface area (Å²) in [6.07, 6.45) is -15.6. The molecule has 0 aliphatic carbocycles. The quantitative estimate of drug-likeness (QED) is 0.155. The molecule has 2 aromatic carbocycles. The molecular weight excluding hydrogens is 636 g/mol. The highest BCUT2D eigenvalue weighted by Gasteiger charge is 2.40. The predicted octanol–water partition coefficient (Wildman–Crippen LogP) is 5.58. The number of nitrogens with zero attached hydrogens (tertiary/aromatic N) is 3. The Kier molecular flexibility index (Phi) is 13.1. The van der Waals surface area contributed by atoms with E-state index in [2.05, 4.69) is 15.0 Å². The van der Waals surface area contributed by atoms with Crippen molar-refractivity contribution >= 4 is 41.1 Å². The van der Waals surface area contributed by atoms with Crippen LogP contribution in [0, 0.1) is 11.8 Å². The molecule has 0 bridgehead atoms. The number of alkyl halides is 6. The highest BCUT2D eigenvalue weighted by atomic mass is 32.2. The molecule has 46 heavy (non-hydrogen) atoms. The van der Waals surface area contributed by atoms with Crippen LogP contribution in [0.25, 0.3) is 0 Å². The van der Waals surface area contributed by atoms with Gasteiger partial charge < -0.3 is 15.1 Å². The Morgan fingerprint density at radius 2 is 1.52 bits per heavy atom. The molecule has 1 heterocycles. The third kappa shape index (κ3) is 11.0. The minimum Gasteiger partial charge on any atom is -0.326 e. The number of hydrogen-bond acceptors (Lipinski definition) is 6. The molecule has 0 fully saturated rings. The monoisotopic (exact) mass is 673 g/mol. The highest BCUT2D eigenvalue weighted by molar-refractivity contribution is 7.97. The molecule has 3 rings (SSSR count). The molecule has 3 amide bonds. The average molecular weight is 674 g/mol. The second-order valence-corrected chi connectivity index (χ2v) is 12.1. The van der Waals surface area contributed by atoms with Crippen molar-refractivity contribution in [2.75, 3.05) is 38.3 Å². The lowest BCUT2D eigenvalue weighted by molar-refractivity contribution is -0.147. The first kappa shape index (κ1) is 36.9. The van der Waals surface area contributed by atoms with Crippen LogP contribution in [0.2, 0.25) is 0 Å². The lowest BCUT2D eigenvalue weighted by Crippen LogP contribution is -2.50. The summed E-state index contributed by atoms with van der Waals surface area (Å²) in [5.74, 6) is -5.51. The Balaban J connectivity index is 1.99. The molecule has 252 valence electrons. The second kappa shape index (κ2) is 16.3. The Bertz CT molecular complexity index is 1370. The highest BCUT2D eigenvalue weighted by Crippen LogP contribution is 2.33. The fraction of sp³-hybridized carbons (Fsp3) is 0.484. The molecule has 3 atom stereocenters. The number of amides is 3. The Morgan fingerprint density at radius 3 is 2.15 bits per heavy atom. The number of hydrogen-bond donors (Lipinski definition) is 2. The zero-order valence-electron chi connectivity index (χ0n) is 25.6. The summed E-state index contributed by atoms with van der Waals surface area (Å²) in [5, 5.41) is 2.46. The van der Waals surface area contributed by atoms with E-state index in [-0.39, 0.29) is 0 Å². The number of fused-ring (bicyclic) bond motifs is 1. The minimum atomic E-state index is -4.69. The number of rotatable bonds is 14. The van der Waals surface area contributed by atoms with E-state index in [1.54, 1.807) is 68.7 Å². The molecule has 3 unspecified atom stereocenters. The van der Waals surface area contributed by atoms with Crippen molar-refractivity contribution in [1.29, 1.82) is 0 Å². The van der Waals surface area contributed by atoms with Crippen LogP contribution in [0.3, 0.4) is 0 Å². The van der Waals surface area contributed by atoms with Gasteiger partial charge in [0.05, 0.1) is 17.3 Å². The molecule has 0 spiro atoms. The zero-order chi connectivity index (χ0) is 34.1. The van der Waals surface area contributed by atoms with Gasteiger partial charge >= 0.3 is 12.4 Å². The van der Waals surface area contributed by atoms with Crippen LogP contribution < -0.4 is 14.9 Å². The molecule has 2 N–H and O–H groups in total. The molecule has 0 saturated carbocycles. The molecule has 0 aromatic heterocycles. The SMILES string of the molecule is CN(C)CCSNC(=O)C(CCC(F)(F)F)C(CCCC(F)(F)F)C(=O)NC1N=C(c2ccccc2)c2ccccc2N(C)C1=O. The average Bonchev–Trinajstić information content (AvgIpc) is 3.08. The van der Waals surface area contributed by atoms with E-state index in [1.165, 1.54) is 11.9 Å². The van der Waals surface area contributed by atoms with E-state index in [1.807, 2.05) is 4.90 Å². The van der Waals surface area contributed by atoms with Gasteiger partial charge in [-0.1, -0.05) is 48.5 Å². The normalized spacial score (nSPS) is 16.7. The summed E-state index contributed by atoms with van der Waals surface area (Å²) in [5.41, 5.74) is 2.00. The number of aliphatic imine (C=N–C) groups is 1. The number of benzodiazepines with no additional fused rings is 1. The zero-order valence-corrected chi connectivity index (χ0v) is 26.4. The van der Waals surface area contributed by atoms with Crippen molar-refractivity contribution in [2.45, 2.75) is 50.6 Å². The lowest BCUT2D eigenvalue weighted by Gasteiger charge is -2.28. The van der Waals surface area contributed by atoms with Gasteiger partial charge in [0.2, 0.25) is 18.0 Å². The van der Waals surface area contributed by atoms with Crippen LogP contribution in [0.1, 0.15) is 43.2 Å². The second-order valence-electron chi connectivity index (χ2n) is 11.2.